The molecule has 0 radical (unpaired) electrons. The molecule has 2 atom stereocenters. The molecule has 8 heteroatoms. The van der Waals surface area contributed by atoms with Crippen LogP contribution in [-0.2, 0) is 17.4 Å². The topological polar surface area (TPSA) is 44.1 Å². The number of hydrogen-bond acceptors (Lipinski definition) is 2. The van der Waals surface area contributed by atoms with Crippen LogP contribution in [0.1, 0.15) is 69.7 Å². The largest absolute Gasteiger partial charge is 0.419 e. The molecule has 36 heavy (non-hydrogen) atoms. The fourth-order valence-corrected chi connectivity index (χ4v) is 4.14. The Balaban J connectivity index is 0.000000273. The summed E-state index contributed by atoms with van der Waals surface area (Å²) in [6, 6.07) is 11.1. The molecule has 1 aliphatic rings. The van der Waals surface area contributed by atoms with E-state index < -0.39 is 17.6 Å². The van der Waals surface area contributed by atoms with Crippen molar-refractivity contribution in [1.29, 1.82) is 5.26 Å². The van der Waals surface area contributed by atoms with Crippen molar-refractivity contribution >= 4 is 17.5 Å². The molecular weight excluding hydrogens is 492 g/mol. The van der Waals surface area contributed by atoms with Gasteiger partial charge in [-0.2, -0.15) is 18.4 Å². The van der Waals surface area contributed by atoms with Crippen LogP contribution in [0.4, 0.5) is 17.6 Å². The van der Waals surface area contributed by atoms with Crippen molar-refractivity contribution in [2.24, 2.45) is 11.8 Å². The Morgan fingerprint density at radius 2 is 1.81 bits per heavy atom. The van der Waals surface area contributed by atoms with Gasteiger partial charge in [-0.3, -0.25) is 4.79 Å². The Morgan fingerprint density at radius 1 is 1.17 bits per heavy atom. The van der Waals surface area contributed by atoms with E-state index in [0.717, 1.165) is 24.6 Å². The smallest absolute Gasteiger partial charge is 0.340 e. The average Bonchev–Trinajstić information content (AvgIpc) is 3.20. The van der Waals surface area contributed by atoms with Crippen molar-refractivity contribution in [3.05, 3.63) is 69.5 Å². The molecule has 3 rings (SSSR count). The van der Waals surface area contributed by atoms with E-state index in [2.05, 4.69) is 27.7 Å². The van der Waals surface area contributed by atoms with E-state index in [-0.39, 0.29) is 12.0 Å². The number of halogens is 5. The summed E-state index contributed by atoms with van der Waals surface area (Å²) < 4.78 is 49.6. The first kappa shape index (κ1) is 31.4. The number of aryl methyl sites for hydroxylation is 2. The fourth-order valence-electron chi connectivity index (χ4n) is 3.87. The highest BCUT2D eigenvalue weighted by Crippen LogP contribution is 2.34. The Morgan fingerprint density at radius 3 is 2.22 bits per heavy atom. The maximum atomic E-state index is 12.8. The number of carbonyl (C=O) groups is 1. The summed E-state index contributed by atoms with van der Waals surface area (Å²) in [7, 11) is 0. The highest BCUT2D eigenvalue weighted by atomic mass is 35.5. The first-order chi connectivity index (χ1) is 16.8. The lowest BCUT2D eigenvalue weighted by Crippen LogP contribution is -2.32. The number of likely N-dealkylation sites (tertiary alicyclic amines) is 1. The summed E-state index contributed by atoms with van der Waals surface area (Å²) >= 11 is 5.71. The van der Waals surface area contributed by atoms with Crippen LogP contribution in [0.15, 0.2) is 36.4 Å². The van der Waals surface area contributed by atoms with E-state index in [0.29, 0.717) is 34.4 Å². The van der Waals surface area contributed by atoms with Gasteiger partial charge in [-0.05, 0) is 68.4 Å². The van der Waals surface area contributed by atoms with Crippen molar-refractivity contribution in [3.63, 3.8) is 0 Å². The van der Waals surface area contributed by atoms with Crippen molar-refractivity contribution in [1.82, 2.24) is 4.90 Å². The summed E-state index contributed by atoms with van der Waals surface area (Å²) in [4.78, 5) is 13.6. The summed E-state index contributed by atoms with van der Waals surface area (Å²) in [5.41, 5.74) is 0.460. The molecule has 2 aromatic rings. The van der Waals surface area contributed by atoms with Crippen molar-refractivity contribution in [2.45, 2.75) is 73.0 Å². The van der Waals surface area contributed by atoms with Crippen LogP contribution in [0.5, 0.6) is 0 Å². The predicted molar refractivity (Wildman–Crippen MR) is 136 cm³/mol. The number of hydrogen-bond donors (Lipinski definition) is 0. The van der Waals surface area contributed by atoms with E-state index in [1.807, 2.05) is 24.0 Å². The maximum absolute atomic E-state index is 12.8. The molecule has 1 fully saturated rings. The molecule has 1 amide bonds. The Bertz CT molecular complexity index is 1050. The van der Waals surface area contributed by atoms with E-state index in [1.165, 1.54) is 18.6 Å². The third-order valence-corrected chi connectivity index (χ3v) is 6.58. The molecule has 2 aromatic carbocycles. The molecule has 198 valence electrons. The monoisotopic (exact) mass is 526 g/mol. The highest BCUT2D eigenvalue weighted by Gasteiger charge is 2.36. The quantitative estimate of drug-likeness (QED) is 0.377. The minimum atomic E-state index is -4.60. The summed E-state index contributed by atoms with van der Waals surface area (Å²) in [5, 5.41) is 9.00. The zero-order valence-electron chi connectivity index (χ0n) is 21.7. The number of carbonyl (C=O) groups excluding carboxylic acids is 1. The van der Waals surface area contributed by atoms with Gasteiger partial charge in [-0.15, -0.1) is 0 Å². The predicted octanol–water partition coefficient (Wildman–Crippen LogP) is 8.22. The molecule has 0 bridgehead atoms. The van der Waals surface area contributed by atoms with Crippen LogP contribution in [0.2, 0.25) is 5.02 Å². The van der Waals surface area contributed by atoms with Gasteiger partial charge in [-0.1, -0.05) is 57.0 Å². The molecular formula is C28H35ClF4N2O. The van der Waals surface area contributed by atoms with Crippen molar-refractivity contribution < 1.29 is 22.4 Å². The highest BCUT2D eigenvalue weighted by molar-refractivity contribution is 6.31. The Labute approximate surface area is 217 Å². The van der Waals surface area contributed by atoms with Crippen LogP contribution >= 0.6 is 11.6 Å². The van der Waals surface area contributed by atoms with Gasteiger partial charge < -0.3 is 4.90 Å². The molecule has 3 nitrogen and oxygen atoms in total. The first-order valence-electron chi connectivity index (χ1n) is 12.1. The average molecular weight is 527 g/mol. The molecule has 0 N–H and O–H groups in total. The lowest BCUT2D eigenvalue weighted by atomic mass is 9.91. The number of nitriles is 1. The Hall–Kier alpha value is -2.59. The number of benzene rings is 2. The molecule has 1 aliphatic heterocycles. The van der Waals surface area contributed by atoms with Crippen LogP contribution in [0, 0.1) is 35.9 Å². The van der Waals surface area contributed by atoms with Gasteiger partial charge in [0.2, 0.25) is 5.91 Å². The van der Waals surface area contributed by atoms with Crippen LogP contribution in [-0.4, -0.2) is 23.4 Å². The zero-order chi connectivity index (χ0) is 27.6. The molecule has 0 aliphatic carbocycles. The zero-order valence-corrected chi connectivity index (χ0v) is 22.5. The number of amides is 1. The molecule has 2 unspecified atom stereocenters. The van der Waals surface area contributed by atoms with Crippen molar-refractivity contribution in [3.8, 4) is 6.07 Å². The summed E-state index contributed by atoms with van der Waals surface area (Å²) in [6.07, 6.45) is -2.47. The fraction of sp³-hybridized carbons (Fsp3) is 0.500. The van der Waals surface area contributed by atoms with Gasteiger partial charge in [0.15, 0.2) is 0 Å². The van der Waals surface area contributed by atoms with E-state index in [4.69, 9.17) is 16.9 Å². The van der Waals surface area contributed by atoms with Gasteiger partial charge >= 0.3 is 6.18 Å². The van der Waals surface area contributed by atoms with Crippen LogP contribution in [0.25, 0.3) is 0 Å². The molecule has 1 saturated heterocycles. The van der Waals surface area contributed by atoms with Crippen LogP contribution < -0.4 is 0 Å². The number of nitrogens with zero attached hydrogens (tertiary/aromatic N) is 2. The van der Waals surface area contributed by atoms with Crippen molar-refractivity contribution in [2.75, 3.05) is 6.54 Å². The number of alkyl halides is 3. The second-order valence-electron chi connectivity index (χ2n) is 9.21. The Kier molecular flexibility index (Phi) is 12.4. The summed E-state index contributed by atoms with van der Waals surface area (Å²) in [6.45, 7) is 13.1. The second-order valence-corrected chi connectivity index (χ2v) is 9.62. The standard InChI is InChI=1S/C11H21NO.C9H8F4.C8H6ClN/c1-5-9(4)10-6-11(13)12(7-10)8(2)3;1-2-6-4-3-5-7(10)8(6)9(11,12)13;1-6-2-3-7(5-10)8(9)4-6/h8-10H,5-7H2,1-4H3;3-5H,2H2,1H3;2-4H,1H3. The third kappa shape index (κ3) is 9.13. The molecule has 0 saturated carbocycles. The maximum Gasteiger partial charge on any atom is 0.419 e. The van der Waals surface area contributed by atoms with E-state index in [1.54, 1.807) is 19.1 Å². The van der Waals surface area contributed by atoms with Gasteiger partial charge in [0.25, 0.3) is 0 Å². The van der Waals surface area contributed by atoms with Crippen LogP contribution in [0.3, 0.4) is 0 Å². The minimum Gasteiger partial charge on any atom is -0.340 e. The minimum absolute atomic E-state index is 0.00694. The molecule has 0 spiro atoms. The van der Waals surface area contributed by atoms with E-state index >= 15 is 0 Å². The normalized spacial score (nSPS) is 16.0. The van der Waals surface area contributed by atoms with Gasteiger partial charge in [0, 0.05) is 19.0 Å². The number of rotatable bonds is 4. The molecule has 0 aromatic heterocycles. The lowest BCUT2D eigenvalue weighted by Gasteiger charge is -2.22. The van der Waals surface area contributed by atoms with Gasteiger partial charge in [0.1, 0.15) is 11.9 Å². The second kappa shape index (κ2) is 14.2. The first-order valence-corrected chi connectivity index (χ1v) is 12.4. The third-order valence-electron chi connectivity index (χ3n) is 6.27. The van der Waals surface area contributed by atoms with Gasteiger partial charge in [0.05, 0.1) is 16.1 Å². The van der Waals surface area contributed by atoms with E-state index in [9.17, 15) is 22.4 Å². The summed E-state index contributed by atoms with van der Waals surface area (Å²) in [5.74, 6) is 0.430. The lowest BCUT2D eigenvalue weighted by molar-refractivity contribution is -0.140. The molecule has 1 heterocycles. The van der Waals surface area contributed by atoms with Gasteiger partial charge in [-0.25, -0.2) is 4.39 Å². The SMILES string of the molecule is CCC(C)C1CC(=O)N(C(C)C)C1.CCc1cccc(F)c1C(F)(F)F.Cc1ccc(C#N)c(Cl)c1.